The number of rotatable bonds is 8. The molecule has 2 fully saturated rings. The number of anilines is 1. The average Bonchev–Trinajstić information content (AvgIpc) is 3.50. The van der Waals surface area contributed by atoms with Crippen LogP contribution in [0.25, 0.3) is 0 Å². The Balaban J connectivity index is 1.17. The Morgan fingerprint density at radius 1 is 0.970 bits per heavy atom. The lowest BCUT2D eigenvalue weighted by molar-refractivity contribution is -0.139. The fourth-order valence-corrected chi connectivity index (χ4v) is 6.04. The Hall–Kier alpha value is -2.26. The minimum Gasteiger partial charge on any atom is -0.339 e. The molecule has 3 amide bonds. The van der Waals surface area contributed by atoms with Gasteiger partial charge in [0.15, 0.2) is 5.13 Å². The molecule has 7 nitrogen and oxygen atoms in total. The third-order valence-electron chi connectivity index (χ3n) is 6.52. The number of nitrogens with zero attached hydrogens (tertiary/aromatic N) is 3. The van der Waals surface area contributed by atoms with Crippen LogP contribution in [0.3, 0.4) is 0 Å². The molecule has 0 unspecified atom stereocenters. The van der Waals surface area contributed by atoms with Gasteiger partial charge in [0.2, 0.25) is 17.7 Å². The molecule has 1 aliphatic heterocycles. The van der Waals surface area contributed by atoms with Crippen LogP contribution in [0.1, 0.15) is 55.5 Å². The Kier molecular flexibility index (Phi) is 8.50. The van der Waals surface area contributed by atoms with Crippen molar-refractivity contribution >= 4 is 45.5 Å². The molecule has 0 spiro atoms. The topological polar surface area (TPSA) is 82.6 Å². The van der Waals surface area contributed by atoms with Gasteiger partial charge in [-0.2, -0.15) is 0 Å². The third kappa shape index (κ3) is 7.11. The van der Waals surface area contributed by atoms with Crippen molar-refractivity contribution in [1.82, 2.24) is 14.8 Å². The molecule has 4 rings (SSSR count). The lowest BCUT2D eigenvalue weighted by atomic mass is 9.86. The van der Waals surface area contributed by atoms with E-state index in [4.69, 9.17) is 0 Å². The van der Waals surface area contributed by atoms with Crippen LogP contribution in [0.15, 0.2) is 22.9 Å². The van der Waals surface area contributed by atoms with Gasteiger partial charge in [-0.25, -0.2) is 4.98 Å². The Morgan fingerprint density at radius 2 is 1.70 bits per heavy atom. The molecular weight excluding hydrogens is 456 g/mol. The Bertz CT molecular complexity index is 929. The monoisotopic (exact) mass is 488 g/mol. The van der Waals surface area contributed by atoms with E-state index in [-0.39, 0.29) is 24.1 Å². The van der Waals surface area contributed by atoms with E-state index in [1.54, 1.807) is 11.3 Å². The predicted octanol–water partition coefficient (Wildman–Crippen LogP) is 3.96. The number of amides is 3. The largest absolute Gasteiger partial charge is 0.339 e. The van der Waals surface area contributed by atoms with Gasteiger partial charge in [0.05, 0.1) is 18.5 Å². The van der Waals surface area contributed by atoms with Crippen molar-refractivity contribution in [3.63, 3.8) is 0 Å². The molecule has 1 aliphatic carbocycles. The minimum absolute atomic E-state index is 0.0195. The second-order valence-corrected chi connectivity index (χ2v) is 10.8. The molecule has 33 heavy (non-hydrogen) atoms. The molecule has 1 N–H and O–H groups in total. The maximum Gasteiger partial charge on any atom is 0.231 e. The van der Waals surface area contributed by atoms with Gasteiger partial charge in [-0.1, -0.05) is 38.2 Å². The quantitative estimate of drug-likeness (QED) is 0.610. The van der Waals surface area contributed by atoms with Gasteiger partial charge in [-0.3, -0.25) is 14.4 Å². The smallest absolute Gasteiger partial charge is 0.231 e. The highest BCUT2D eigenvalue weighted by Gasteiger charge is 2.25. The number of thiazole rings is 1. The highest BCUT2D eigenvalue weighted by molar-refractivity contribution is 7.14. The van der Waals surface area contributed by atoms with Crippen LogP contribution < -0.4 is 5.32 Å². The summed E-state index contributed by atoms with van der Waals surface area (Å²) in [6.45, 7) is 2.36. The molecule has 9 heteroatoms. The van der Waals surface area contributed by atoms with Gasteiger partial charge in [0.1, 0.15) is 0 Å². The molecule has 1 saturated heterocycles. The first kappa shape index (κ1) is 23.9. The van der Waals surface area contributed by atoms with Crippen molar-refractivity contribution in [2.45, 2.75) is 57.8 Å². The van der Waals surface area contributed by atoms with Crippen molar-refractivity contribution in [2.24, 2.45) is 5.92 Å². The summed E-state index contributed by atoms with van der Waals surface area (Å²) in [4.78, 5) is 46.6. The number of hydrogen-bond donors (Lipinski definition) is 1. The zero-order valence-electron chi connectivity index (χ0n) is 19.0. The van der Waals surface area contributed by atoms with Crippen LogP contribution in [-0.2, 0) is 27.2 Å². The average molecular weight is 489 g/mol. The van der Waals surface area contributed by atoms with Crippen LogP contribution >= 0.6 is 22.7 Å². The first-order valence-electron chi connectivity index (χ1n) is 11.9. The van der Waals surface area contributed by atoms with E-state index in [9.17, 15) is 14.4 Å². The number of hydrogen-bond acceptors (Lipinski definition) is 6. The maximum absolute atomic E-state index is 12.7. The molecular formula is C24H32N4O3S2. The summed E-state index contributed by atoms with van der Waals surface area (Å²) in [6.07, 6.45) is 8.68. The molecule has 2 aliphatic rings. The van der Waals surface area contributed by atoms with Crippen LogP contribution in [0.4, 0.5) is 5.13 Å². The number of aromatic nitrogens is 1. The summed E-state index contributed by atoms with van der Waals surface area (Å²) in [5.41, 5.74) is 0.669. The van der Waals surface area contributed by atoms with E-state index >= 15 is 0 Å². The maximum atomic E-state index is 12.7. The highest BCUT2D eigenvalue weighted by atomic mass is 32.1. The number of thiophene rings is 1. The van der Waals surface area contributed by atoms with E-state index in [1.807, 2.05) is 32.7 Å². The first-order valence-corrected chi connectivity index (χ1v) is 13.6. The summed E-state index contributed by atoms with van der Waals surface area (Å²) in [5, 5.41) is 7.10. The third-order valence-corrected chi connectivity index (χ3v) is 8.20. The molecule has 0 bridgehead atoms. The fourth-order valence-electron chi connectivity index (χ4n) is 4.61. The minimum atomic E-state index is -0.103. The second-order valence-electron chi connectivity index (χ2n) is 8.93. The van der Waals surface area contributed by atoms with Crippen molar-refractivity contribution in [2.75, 3.05) is 31.5 Å². The zero-order valence-corrected chi connectivity index (χ0v) is 20.6. The van der Waals surface area contributed by atoms with E-state index < -0.39 is 0 Å². The van der Waals surface area contributed by atoms with E-state index in [0.717, 1.165) is 11.3 Å². The summed E-state index contributed by atoms with van der Waals surface area (Å²) in [7, 11) is 0. The van der Waals surface area contributed by atoms with Crippen LogP contribution in [0.2, 0.25) is 0 Å². The molecule has 1 saturated carbocycles. The van der Waals surface area contributed by atoms with Crippen molar-refractivity contribution in [1.29, 1.82) is 0 Å². The lowest BCUT2D eigenvalue weighted by Crippen LogP contribution is -2.51. The van der Waals surface area contributed by atoms with Crippen molar-refractivity contribution in [3.8, 4) is 0 Å². The first-order chi connectivity index (χ1) is 16.1. The fraction of sp³-hybridized carbons (Fsp3) is 0.583. The second kappa shape index (κ2) is 11.7. The molecule has 178 valence electrons. The van der Waals surface area contributed by atoms with Crippen LogP contribution in [0, 0.1) is 5.92 Å². The molecule has 3 heterocycles. The van der Waals surface area contributed by atoms with E-state index in [0.29, 0.717) is 55.8 Å². The van der Waals surface area contributed by atoms with Gasteiger partial charge in [-0.05, 0) is 23.8 Å². The number of nitrogens with one attached hydrogen (secondary N) is 1. The summed E-state index contributed by atoms with van der Waals surface area (Å²) >= 11 is 2.89. The Labute approximate surface area is 203 Å². The number of carbonyl (C=O) groups is 3. The highest BCUT2D eigenvalue weighted by Crippen LogP contribution is 2.27. The van der Waals surface area contributed by atoms with Crippen LogP contribution in [0.5, 0.6) is 0 Å². The standard InChI is InChI=1S/C24H32N4O3S2/c29-21(16-20-7-4-14-32-20)26-24-25-19(17-33-24)15-23(31)28-12-10-27(11-13-28)22(30)9-8-18-5-2-1-3-6-18/h4,7,14,17-18H,1-3,5-6,8-13,15-16H2,(H,25,26,29). The molecule has 0 atom stereocenters. The summed E-state index contributed by atoms with van der Waals surface area (Å²) in [6, 6.07) is 3.86. The zero-order chi connectivity index (χ0) is 23.0. The van der Waals surface area contributed by atoms with E-state index in [2.05, 4.69) is 10.3 Å². The molecule has 2 aromatic rings. The number of carbonyl (C=O) groups excluding carboxylic acids is 3. The normalized spacial score (nSPS) is 17.2. The number of piperazine rings is 1. The SMILES string of the molecule is O=C(Cc1cccs1)Nc1nc(CC(=O)N2CCN(C(=O)CCC3CCCCC3)CC2)cs1. The van der Waals surface area contributed by atoms with Gasteiger partial charge in [-0.15, -0.1) is 22.7 Å². The van der Waals surface area contributed by atoms with Crippen molar-refractivity contribution < 1.29 is 14.4 Å². The van der Waals surface area contributed by atoms with Crippen molar-refractivity contribution in [3.05, 3.63) is 33.5 Å². The van der Waals surface area contributed by atoms with Gasteiger partial charge in [0.25, 0.3) is 0 Å². The summed E-state index contributed by atoms with van der Waals surface area (Å²) < 4.78 is 0. The molecule has 0 aromatic carbocycles. The van der Waals surface area contributed by atoms with E-state index in [1.165, 1.54) is 43.4 Å². The van der Waals surface area contributed by atoms with Crippen LogP contribution in [-0.4, -0.2) is 58.7 Å². The van der Waals surface area contributed by atoms with Gasteiger partial charge >= 0.3 is 0 Å². The molecule has 2 aromatic heterocycles. The van der Waals surface area contributed by atoms with Gasteiger partial charge in [0, 0.05) is 42.9 Å². The molecule has 0 radical (unpaired) electrons. The van der Waals surface area contributed by atoms with Gasteiger partial charge < -0.3 is 15.1 Å². The predicted molar refractivity (Wildman–Crippen MR) is 131 cm³/mol. The summed E-state index contributed by atoms with van der Waals surface area (Å²) in [5.74, 6) is 0.865. The lowest BCUT2D eigenvalue weighted by Gasteiger charge is -2.35. The Morgan fingerprint density at radius 3 is 2.39 bits per heavy atom.